The smallest absolute Gasteiger partial charge is 0.268 e. The normalized spacial score (nSPS) is 14.9. The number of ether oxygens (including phenoxy) is 1. The van der Waals surface area contributed by atoms with E-state index in [9.17, 15) is 14.4 Å². The van der Waals surface area contributed by atoms with Crippen LogP contribution in [-0.4, -0.2) is 30.4 Å². The zero-order valence-electron chi connectivity index (χ0n) is 17.2. The van der Waals surface area contributed by atoms with Crippen molar-refractivity contribution in [2.24, 2.45) is 0 Å². The van der Waals surface area contributed by atoms with Crippen molar-refractivity contribution in [3.8, 4) is 5.75 Å². The second-order valence-corrected chi connectivity index (χ2v) is 7.68. The van der Waals surface area contributed by atoms with Crippen molar-refractivity contribution in [1.29, 1.82) is 0 Å². The maximum absolute atomic E-state index is 12.8. The van der Waals surface area contributed by atoms with E-state index in [1.54, 1.807) is 61.5 Å². The first-order valence-electron chi connectivity index (χ1n) is 9.94. The molecule has 0 aliphatic carbocycles. The van der Waals surface area contributed by atoms with Gasteiger partial charge in [-0.05, 0) is 61.5 Å². The van der Waals surface area contributed by atoms with E-state index in [0.29, 0.717) is 33.4 Å². The van der Waals surface area contributed by atoms with E-state index in [-0.39, 0.29) is 24.3 Å². The molecule has 1 aliphatic heterocycles. The molecule has 4 rings (SSSR count). The van der Waals surface area contributed by atoms with Crippen molar-refractivity contribution in [2.45, 2.75) is 13.0 Å². The first kappa shape index (κ1) is 21.4. The average molecular weight is 450 g/mol. The molecule has 0 spiro atoms. The summed E-state index contributed by atoms with van der Waals surface area (Å²) in [6.45, 7) is 1.44. The number of hydrogen-bond acceptors (Lipinski definition) is 4. The Balaban J connectivity index is 1.55. The minimum absolute atomic E-state index is 0.191. The maximum Gasteiger partial charge on any atom is 0.268 e. The summed E-state index contributed by atoms with van der Waals surface area (Å²) in [5.41, 5.74) is 1.94. The van der Waals surface area contributed by atoms with Gasteiger partial charge < -0.3 is 15.4 Å². The lowest BCUT2D eigenvalue weighted by atomic mass is 10.1. The van der Waals surface area contributed by atoms with Crippen LogP contribution in [0.3, 0.4) is 0 Å². The standard InChI is InChI=1S/C24H20ClN3O4/c1-15-24(31)28(14-22(29)26-18-5-3-2-4-6-18)20-13-19(11-12-21(20)32-15)27-23(30)16-7-9-17(25)10-8-16/h2-13,15H,14H2,1H3,(H,26,29)(H,27,30). The highest BCUT2D eigenvalue weighted by molar-refractivity contribution is 6.30. The first-order chi connectivity index (χ1) is 15.4. The Morgan fingerprint density at radius 2 is 1.69 bits per heavy atom. The minimum atomic E-state index is -0.735. The molecule has 32 heavy (non-hydrogen) atoms. The number of halogens is 1. The third-order valence-electron chi connectivity index (χ3n) is 4.89. The van der Waals surface area contributed by atoms with Gasteiger partial charge in [-0.3, -0.25) is 19.3 Å². The average Bonchev–Trinajstić information content (AvgIpc) is 2.78. The lowest BCUT2D eigenvalue weighted by Crippen LogP contribution is -2.47. The molecule has 1 aliphatic rings. The predicted molar refractivity (Wildman–Crippen MR) is 123 cm³/mol. The van der Waals surface area contributed by atoms with Crippen LogP contribution in [0.2, 0.25) is 5.02 Å². The van der Waals surface area contributed by atoms with Crippen molar-refractivity contribution < 1.29 is 19.1 Å². The van der Waals surface area contributed by atoms with Crippen LogP contribution in [-0.2, 0) is 9.59 Å². The fourth-order valence-electron chi connectivity index (χ4n) is 3.32. The Morgan fingerprint density at radius 1 is 0.969 bits per heavy atom. The van der Waals surface area contributed by atoms with Gasteiger partial charge in [0.1, 0.15) is 12.3 Å². The van der Waals surface area contributed by atoms with Crippen LogP contribution in [0, 0.1) is 0 Å². The molecule has 0 radical (unpaired) electrons. The molecule has 0 saturated carbocycles. The lowest BCUT2D eigenvalue weighted by Gasteiger charge is -2.33. The highest BCUT2D eigenvalue weighted by atomic mass is 35.5. The molecule has 0 saturated heterocycles. The highest BCUT2D eigenvalue weighted by Gasteiger charge is 2.33. The molecular formula is C24H20ClN3O4. The van der Waals surface area contributed by atoms with E-state index in [4.69, 9.17) is 16.3 Å². The largest absolute Gasteiger partial charge is 0.479 e. The monoisotopic (exact) mass is 449 g/mol. The first-order valence-corrected chi connectivity index (χ1v) is 10.3. The van der Waals surface area contributed by atoms with E-state index >= 15 is 0 Å². The molecule has 0 aromatic heterocycles. The maximum atomic E-state index is 12.8. The van der Waals surface area contributed by atoms with Gasteiger partial charge in [0.05, 0.1) is 5.69 Å². The number of hydrogen-bond donors (Lipinski definition) is 2. The number of rotatable bonds is 5. The summed E-state index contributed by atoms with van der Waals surface area (Å²) in [7, 11) is 0. The zero-order valence-corrected chi connectivity index (χ0v) is 17.9. The summed E-state index contributed by atoms with van der Waals surface area (Å²) in [4.78, 5) is 39.3. The number of nitrogens with one attached hydrogen (secondary N) is 2. The Kier molecular flexibility index (Phi) is 6.09. The van der Waals surface area contributed by atoms with E-state index in [0.717, 1.165) is 0 Å². The van der Waals surface area contributed by atoms with Crippen molar-refractivity contribution in [3.05, 3.63) is 83.4 Å². The summed E-state index contributed by atoms with van der Waals surface area (Å²) in [6, 6.07) is 20.4. The second kappa shape index (κ2) is 9.11. The van der Waals surface area contributed by atoms with Gasteiger partial charge >= 0.3 is 0 Å². The summed E-state index contributed by atoms with van der Waals surface area (Å²) >= 11 is 5.87. The Hall–Kier alpha value is -3.84. The molecular weight excluding hydrogens is 430 g/mol. The van der Waals surface area contributed by atoms with Crippen LogP contribution in [0.25, 0.3) is 0 Å². The second-order valence-electron chi connectivity index (χ2n) is 7.24. The van der Waals surface area contributed by atoms with Crippen molar-refractivity contribution in [3.63, 3.8) is 0 Å². The summed E-state index contributed by atoms with van der Waals surface area (Å²) < 4.78 is 5.68. The molecule has 0 fully saturated rings. The van der Waals surface area contributed by atoms with Crippen molar-refractivity contribution in [1.82, 2.24) is 0 Å². The van der Waals surface area contributed by atoms with E-state index < -0.39 is 6.10 Å². The van der Waals surface area contributed by atoms with Crippen LogP contribution in [0.5, 0.6) is 5.75 Å². The molecule has 1 unspecified atom stereocenters. The molecule has 8 heteroatoms. The molecule has 7 nitrogen and oxygen atoms in total. The fraction of sp³-hybridized carbons (Fsp3) is 0.125. The van der Waals surface area contributed by atoms with Gasteiger partial charge in [0.15, 0.2) is 6.10 Å². The molecule has 2 N–H and O–H groups in total. The third-order valence-corrected chi connectivity index (χ3v) is 5.14. The van der Waals surface area contributed by atoms with E-state index in [2.05, 4.69) is 10.6 Å². The lowest BCUT2D eigenvalue weighted by molar-refractivity contribution is -0.127. The molecule has 0 bridgehead atoms. The number of anilines is 3. The highest BCUT2D eigenvalue weighted by Crippen LogP contribution is 2.36. The van der Waals surface area contributed by atoms with Gasteiger partial charge in [-0.15, -0.1) is 0 Å². The number of para-hydroxylation sites is 1. The summed E-state index contributed by atoms with van der Waals surface area (Å²) in [5.74, 6) is -0.567. The number of carbonyl (C=O) groups excluding carboxylic acids is 3. The number of carbonyl (C=O) groups is 3. The van der Waals surface area contributed by atoms with Gasteiger partial charge in [-0.1, -0.05) is 29.8 Å². The topological polar surface area (TPSA) is 87.7 Å². The molecule has 1 heterocycles. The fourth-order valence-corrected chi connectivity index (χ4v) is 3.44. The molecule has 162 valence electrons. The predicted octanol–water partition coefficient (Wildman–Crippen LogP) is 4.34. The number of benzene rings is 3. The quantitative estimate of drug-likeness (QED) is 0.606. The zero-order chi connectivity index (χ0) is 22.7. The number of nitrogens with zero attached hydrogens (tertiary/aromatic N) is 1. The van der Waals surface area contributed by atoms with Gasteiger partial charge in [0.25, 0.3) is 11.8 Å². The van der Waals surface area contributed by atoms with Crippen molar-refractivity contribution >= 4 is 46.4 Å². The van der Waals surface area contributed by atoms with Crippen LogP contribution in [0.4, 0.5) is 17.1 Å². The van der Waals surface area contributed by atoms with Crippen molar-refractivity contribution in [2.75, 3.05) is 22.1 Å². The summed E-state index contributed by atoms with van der Waals surface area (Å²) in [5, 5.41) is 6.10. The molecule has 3 aromatic carbocycles. The van der Waals surface area contributed by atoms with E-state index in [1.807, 2.05) is 18.2 Å². The molecule has 3 aromatic rings. The van der Waals surface area contributed by atoms with E-state index in [1.165, 1.54) is 4.90 Å². The van der Waals surface area contributed by atoms with Crippen LogP contribution < -0.4 is 20.3 Å². The minimum Gasteiger partial charge on any atom is -0.479 e. The van der Waals surface area contributed by atoms with Crippen LogP contribution >= 0.6 is 11.6 Å². The Bertz CT molecular complexity index is 1170. The SMILES string of the molecule is CC1Oc2ccc(NC(=O)c3ccc(Cl)cc3)cc2N(CC(=O)Nc2ccccc2)C1=O. The Morgan fingerprint density at radius 3 is 2.41 bits per heavy atom. The third kappa shape index (κ3) is 4.73. The van der Waals surface area contributed by atoms with Gasteiger partial charge in [-0.25, -0.2) is 0 Å². The number of fused-ring (bicyclic) bond motifs is 1. The number of amides is 3. The van der Waals surface area contributed by atoms with Gasteiger partial charge in [0.2, 0.25) is 5.91 Å². The summed E-state index contributed by atoms with van der Waals surface area (Å²) in [6.07, 6.45) is -0.735. The van der Waals surface area contributed by atoms with Gasteiger partial charge in [-0.2, -0.15) is 0 Å². The molecule has 1 atom stereocenters. The van der Waals surface area contributed by atoms with Gasteiger partial charge in [0, 0.05) is 22.0 Å². The molecule has 3 amide bonds. The Labute approximate surface area is 189 Å². The van der Waals surface area contributed by atoms with Crippen LogP contribution in [0.15, 0.2) is 72.8 Å². The van der Waals surface area contributed by atoms with Crippen LogP contribution in [0.1, 0.15) is 17.3 Å².